The lowest BCUT2D eigenvalue weighted by molar-refractivity contribution is 0.404. The maximum atomic E-state index is 5.78. The predicted octanol–water partition coefficient (Wildman–Crippen LogP) is 10.5. The highest BCUT2D eigenvalue weighted by Gasteiger charge is 2.41. The lowest BCUT2D eigenvalue weighted by atomic mass is 9.99. The van der Waals surface area contributed by atoms with E-state index in [4.69, 9.17) is 15.0 Å². The predicted molar refractivity (Wildman–Crippen MR) is 203 cm³/mol. The summed E-state index contributed by atoms with van der Waals surface area (Å²) in [5, 5.41) is 10.8. The number of hydrogen-bond acceptors (Lipinski definition) is 3. The van der Waals surface area contributed by atoms with E-state index < -0.39 is 5.79 Å². The number of aromatic nitrogens is 2. The third-order valence-corrected chi connectivity index (χ3v) is 10.6. The number of benzene rings is 8. The topological polar surface area (TPSA) is 42.5 Å². The molecule has 4 nitrogen and oxygen atoms in total. The summed E-state index contributed by atoms with van der Waals surface area (Å²) in [7, 11) is 0. The molecule has 10 rings (SSSR count). The van der Waals surface area contributed by atoms with Crippen LogP contribution in [0.5, 0.6) is 0 Å². The summed E-state index contributed by atoms with van der Waals surface area (Å²) < 4.78 is 4.30. The minimum absolute atomic E-state index is 0.802. The molecule has 8 aromatic carbocycles. The lowest BCUT2D eigenvalue weighted by Crippen LogP contribution is -2.31. The molecule has 0 spiro atoms. The molecule has 0 fully saturated rings. The number of rotatable bonds is 3. The van der Waals surface area contributed by atoms with Crippen molar-refractivity contribution in [3.8, 4) is 11.4 Å². The normalized spacial score (nSPS) is 13.7. The van der Waals surface area contributed by atoms with Gasteiger partial charge in [0, 0.05) is 41.6 Å². The Kier molecular flexibility index (Phi) is 6.05. The smallest absolute Gasteiger partial charge is 0.261 e. The lowest BCUT2D eigenvalue weighted by Gasteiger charge is -2.29. The van der Waals surface area contributed by atoms with Gasteiger partial charge in [0.2, 0.25) is 0 Å². The van der Waals surface area contributed by atoms with Crippen molar-refractivity contribution in [2.45, 2.75) is 5.79 Å². The minimum Gasteiger partial charge on any atom is -0.275 e. The zero-order valence-corrected chi connectivity index (χ0v) is 28.6. The molecule has 0 radical (unpaired) electrons. The van der Waals surface area contributed by atoms with E-state index >= 15 is 0 Å². The molecule has 9 aromatic rings. The third-order valence-electron chi connectivity index (χ3n) is 9.59. The molecule has 1 aliphatic heterocycles. The molecule has 0 amide bonds. The standard InChI is InChI=1S/C42H24Br2N4/c43-27-21-17-25(18-22-27)41-45-39-35-15-7-3-11-31(35)32-12-4-8-16-36(32)40(39)48(41)42(26-19-23-28(44)24-20-26)46-37-33-13-5-1-9-29(33)30-10-2-6-14-34(30)38(37)47-42/h1-24H. The first-order valence-electron chi connectivity index (χ1n) is 15.8. The van der Waals surface area contributed by atoms with Crippen LogP contribution in [0.2, 0.25) is 0 Å². The van der Waals surface area contributed by atoms with Crippen LogP contribution in [0.3, 0.4) is 0 Å². The molecule has 2 heterocycles. The van der Waals surface area contributed by atoms with E-state index in [2.05, 4.69) is 182 Å². The van der Waals surface area contributed by atoms with Crippen molar-refractivity contribution in [2.24, 2.45) is 9.98 Å². The van der Waals surface area contributed by atoms with Gasteiger partial charge in [-0.15, -0.1) is 0 Å². The number of halogens is 2. The Morgan fingerprint density at radius 3 is 1.40 bits per heavy atom. The summed E-state index contributed by atoms with van der Waals surface area (Å²) in [6.45, 7) is 0. The molecule has 0 atom stereocenters. The average Bonchev–Trinajstić information content (AvgIpc) is 3.74. The molecule has 1 aliphatic rings. The van der Waals surface area contributed by atoms with E-state index in [1.54, 1.807) is 0 Å². The van der Waals surface area contributed by atoms with Gasteiger partial charge < -0.3 is 0 Å². The van der Waals surface area contributed by atoms with Gasteiger partial charge in [-0.1, -0.05) is 153 Å². The van der Waals surface area contributed by atoms with Crippen LogP contribution in [-0.2, 0) is 5.79 Å². The Balaban J connectivity index is 1.48. The van der Waals surface area contributed by atoms with E-state index in [9.17, 15) is 0 Å². The molecule has 0 saturated carbocycles. The van der Waals surface area contributed by atoms with Gasteiger partial charge in [0.1, 0.15) is 5.82 Å². The van der Waals surface area contributed by atoms with Gasteiger partial charge in [-0.3, -0.25) is 4.57 Å². The van der Waals surface area contributed by atoms with E-state index in [1.807, 2.05) is 0 Å². The highest BCUT2D eigenvalue weighted by atomic mass is 79.9. The van der Waals surface area contributed by atoms with Gasteiger partial charge in [-0.05, 0) is 45.8 Å². The third kappa shape index (κ3) is 3.90. The van der Waals surface area contributed by atoms with Crippen LogP contribution >= 0.6 is 31.9 Å². The van der Waals surface area contributed by atoms with Crippen LogP contribution in [0.15, 0.2) is 165 Å². The van der Waals surface area contributed by atoms with Crippen LogP contribution in [-0.4, -0.2) is 9.55 Å². The highest BCUT2D eigenvalue weighted by molar-refractivity contribution is 9.10. The summed E-state index contributed by atoms with van der Waals surface area (Å²) in [5.74, 6) is -0.394. The quantitative estimate of drug-likeness (QED) is 0.166. The summed E-state index contributed by atoms with van der Waals surface area (Å²) in [5.41, 5.74) is 3.86. The van der Waals surface area contributed by atoms with Crippen molar-refractivity contribution in [1.82, 2.24) is 9.55 Å². The number of fused-ring (bicyclic) bond motifs is 12. The van der Waals surface area contributed by atoms with Gasteiger partial charge in [0.15, 0.2) is 0 Å². The minimum atomic E-state index is -1.20. The van der Waals surface area contributed by atoms with E-state index in [1.165, 1.54) is 10.8 Å². The van der Waals surface area contributed by atoms with Gasteiger partial charge in [0.25, 0.3) is 5.79 Å². The zero-order chi connectivity index (χ0) is 32.0. The van der Waals surface area contributed by atoms with Gasteiger partial charge in [-0.25, -0.2) is 15.0 Å². The average molecular weight is 744 g/mol. The molecule has 0 N–H and O–H groups in total. The summed E-state index contributed by atoms with van der Waals surface area (Å²) in [6.07, 6.45) is 0. The van der Waals surface area contributed by atoms with Gasteiger partial charge in [0.05, 0.1) is 21.7 Å². The van der Waals surface area contributed by atoms with Crippen LogP contribution in [0, 0.1) is 0 Å². The maximum Gasteiger partial charge on any atom is 0.261 e. The Hall–Kier alpha value is -5.17. The molecule has 6 heteroatoms. The molecular weight excluding hydrogens is 720 g/mol. The highest BCUT2D eigenvalue weighted by Crippen LogP contribution is 2.44. The molecule has 226 valence electrons. The van der Waals surface area contributed by atoms with Crippen LogP contribution in [0.4, 0.5) is 0 Å². The molecular formula is C42H24Br2N4. The molecule has 0 saturated heterocycles. The largest absolute Gasteiger partial charge is 0.275 e. The van der Waals surface area contributed by atoms with Crippen molar-refractivity contribution >= 4 is 86.0 Å². The SMILES string of the molecule is Brc1ccc(-c2nc3c4ccccc4c4ccccc4c3n2C2(c3ccc(Br)cc3)N=c3c(c4ccccc4c4ccccc34)=N2)cc1. The first-order chi connectivity index (χ1) is 23.6. The van der Waals surface area contributed by atoms with Crippen LogP contribution in [0.1, 0.15) is 5.56 Å². The molecule has 48 heavy (non-hydrogen) atoms. The van der Waals surface area contributed by atoms with Crippen molar-refractivity contribution in [2.75, 3.05) is 0 Å². The Bertz CT molecular complexity index is 2840. The first kappa shape index (κ1) is 27.9. The second-order valence-electron chi connectivity index (χ2n) is 12.2. The fourth-order valence-electron chi connectivity index (χ4n) is 7.50. The van der Waals surface area contributed by atoms with E-state index in [0.29, 0.717) is 0 Å². The molecule has 0 aliphatic carbocycles. The molecule has 0 bridgehead atoms. The second kappa shape index (κ2) is 10.4. The monoisotopic (exact) mass is 742 g/mol. The Morgan fingerprint density at radius 1 is 0.438 bits per heavy atom. The Morgan fingerprint density at radius 2 is 0.854 bits per heavy atom. The summed E-state index contributed by atoms with van der Waals surface area (Å²) in [4.78, 5) is 17.1. The van der Waals surface area contributed by atoms with Crippen LogP contribution < -0.4 is 10.7 Å². The number of nitrogens with zero attached hydrogens (tertiary/aromatic N) is 4. The number of imidazole rings is 1. The van der Waals surface area contributed by atoms with E-state index in [0.717, 1.165) is 80.0 Å². The fourth-order valence-corrected chi connectivity index (χ4v) is 8.03. The molecule has 1 aromatic heterocycles. The maximum absolute atomic E-state index is 5.78. The van der Waals surface area contributed by atoms with Crippen molar-refractivity contribution in [3.63, 3.8) is 0 Å². The molecule has 0 unspecified atom stereocenters. The summed E-state index contributed by atoms with van der Waals surface area (Å²) in [6, 6.07) is 51.1. The van der Waals surface area contributed by atoms with Gasteiger partial charge >= 0.3 is 0 Å². The first-order valence-corrected chi connectivity index (χ1v) is 17.4. The number of hydrogen-bond donors (Lipinski definition) is 0. The van der Waals surface area contributed by atoms with Crippen molar-refractivity contribution < 1.29 is 0 Å². The second-order valence-corrected chi connectivity index (χ2v) is 14.1. The summed E-state index contributed by atoms with van der Waals surface area (Å²) >= 11 is 7.34. The van der Waals surface area contributed by atoms with Crippen molar-refractivity contribution in [3.05, 3.63) is 171 Å². The zero-order valence-electron chi connectivity index (χ0n) is 25.4. The van der Waals surface area contributed by atoms with E-state index in [-0.39, 0.29) is 0 Å². The van der Waals surface area contributed by atoms with Gasteiger partial charge in [-0.2, -0.15) is 0 Å². The van der Waals surface area contributed by atoms with Crippen molar-refractivity contribution in [1.29, 1.82) is 0 Å². The Labute approximate surface area is 292 Å². The van der Waals surface area contributed by atoms with Crippen LogP contribution in [0.25, 0.3) is 65.5 Å². The fraction of sp³-hybridized carbons (Fsp3) is 0.0238.